The second kappa shape index (κ2) is 6.58. The predicted octanol–water partition coefficient (Wildman–Crippen LogP) is 3.69. The number of nitrogens with zero attached hydrogens (tertiary/aromatic N) is 4. The SMILES string of the molecule is C=C1Cc2conc2-c2c3c(nn2C1)CCN(C(=O)Nc1ccc(F)c(C)c1)C3. The first-order valence-corrected chi connectivity index (χ1v) is 9.50. The summed E-state index contributed by atoms with van der Waals surface area (Å²) in [7, 11) is 0. The molecule has 0 spiro atoms. The van der Waals surface area contributed by atoms with Crippen molar-refractivity contribution >= 4 is 11.7 Å². The van der Waals surface area contributed by atoms with Gasteiger partial charge in [0.05, 0.1) is 24.5 Å². The monoisotopic (exact) mass is 393 g/mol. The maximum atomic E-state index is 13.5. The van der Waals surface area contributed by atoms with Gasteiger partial charge in [0.2, 0.25) is 0 Å². The number of nitrogens with one attached hydrogen (secondary N) is 1. The second-order valence-corrected chi connectivity index (χ2v) is 7.61. The van der Waals surface area contributed by atoms with E-state index in [9.17, 15) is 9.18 Å². The molecule has 7 nitrogen and oxygen atoms in total. The number of carbonyl (C=O) groups is 1. The number of anilines is 1. The Balaban J connectivity index is 1.44. The number of amides is 2. The molecular formula is C21H20FN5O2. The Morgan fingerprint density at radius 1 is 1.34 bits per heavy atom. The van der Waals surface area contributed by atoms with E-state index in [1.807, 2.05) is 4.68 Å². The summed E-state index contributed by atoms with van der Waals surface area (Å²) in [6.45, 7) is 7.41. The van der Waals surface area contributed by atoms with Gasteiger partial charge in [-0.05, 0) is 30.7 Å². The molecule has 29 heavy (non-hydrogen) atoms. The molecule has 148 valence electrons. The van der Waals surface area contributed by atoms with Crippen LogP contribution in [0.2, 0.25) is 0 Å². The number of hydrogen-bond donors (Lipinski definition) is 1. The van der Waals surface area contributed by atoms with Crippen LogP contribution in [0.5, 0.6) is 0 Å². The van der Waals surface area contributed by atoms with E-state index in [2.05, 4.69) is 17.1 Å². The Labute approximate surface area is 166 Å². The van der Waals surface area contributed by atoms with Crippen LogP contribution >= 0.6 is 0 Å². The van der Waals surface area contributed by atoms with Gasteiger partial charge in [0, 0.05) is 36.2 Å². The number of aromatic nitrogens is 3. The van der Waals surface area contributed by atoms with E-state index in [1.165, 1.54) is 6.07 Å². The van der Waals surface area contributed by atoms with Crippen LogP contribution in [0.15, 0.2) is 41.1 Å². The van der Waals surface area contributed by atoms with E-state index in [-0.39, 0.29) is 11.8 Å². The highest BCUT2D eigenvalue weighted by molar-refractivity contribution is 5.89. The number of fused-ring (bicyclic) bond motifs is 5. The molecule has 0 unspecified atom stereocenters. The molecule has 0 radical (unpaired) electrons. The number of benzene rings is 1. The van der Waals surface area contributed by atoms with Crippen molar-refractivity contribution in [2.45, 2.75) is 32.9 Å². The zero-order valence-electron chi connectivity index (χ0n) is 16.0. The quantitative estimate of drug-likeness (QED) is 0.640. The molecule has 2 aliphatic rings. The summed E-state index contributed by atoms with van der Waals surface area (Å²) in [5.41, 5.74) is 6.73. The topological polar surface area (TPSA) is 76.2 Å². The molecule has 1 aromatic carbocycles. The minimum absolute atomic E-state index is 0.222. The lowest BCUT2D eigenvalue weighted by Crippen LogP contribution is -2.38. The molecule has 2 amide bonds. The van der Waals surface area contributed by atoms with E-state index < -0.39 is 0 Å². The highest BCUT2D eigenvalue weighted by Gasteiger charge is 2.31. The zero-order chi connectivity index (χ0) is 20.1. The molecule has 0 fully saturated rings. The van der Waals surface area contributed by atoms with Crippen LogP contribution in [0, 0.1) is 12.7 Å². The van der Waals surface area contributed by atoms with Crippen molar-refractivity contribution in [3.05, 3.63) is 64.8 Å². The summed E-state index contributed by atoms with van der Waals surface area (Å²) in [6.07, 6.45) is 3.01. The molecule has 4 heterocycles. The van der Waals surface area contributed by atoms with Crippen molar-refractivity contribution < 1.29 is 13.7 Å². The van der Waals surface area contributed by atoms with Crippen molar-refractivity contribution in [3.63, 3.8) is 0 Å². The molecule has 5 rings (SSSR count). The van der Waals surface area contributed by atoms with Gasteiger partial charge in [0.1, 0.15) is 17.8 Å². The van der Waals surface area contributed by atoms with Gasteiger partial charge in [-0.1, -0.05) is 17.3 Å². The first-order chi connectivity index (χ1) is 14.0. The summed E-state index contributed by atoms with van der Waals surface area (Å²) in [6, 6.07) is 4.33. The van der Waals surface area contributed by atoms with Gasteiger partial charge in [-0.25, -0.2) is 9.18 Å². The van der Waals surface area contributed by atoms with Crippen molar-refractivity contribution in [1.29, 1.82) is 0 Å². The summed E-state index contributed by atoms with van der Waals surface area (Å²) in [4.78, 5) is 14.6. The Morgan fingerprint density at radius 3 is 3.03 bits per heavy atom. The van der Waals surface area contributed by atoms with Crippen LogP contribution in [0.25, 0.3) is 11.4 Å². The first kappa shape index (κ1) is 17.7. The summed E-state index contributed by atoms with van der Waals surface area (Å²) >= 11 is 0. The molecule has 3 aromatic rings. The van der Waals surface area contributed by atoms with Crippen molar-refractivity contribution in [1.82, 2.24) is 19.8 Å². The molecule has 2 aliphatic heterocycles. The number of carbonyl (C=O) groups excluding carboxylic acids is 1. The summed E-state index contributed by atoms with van der Waals surface area (Å²) in [5.74, 6) is -0.293. The normalized spacial score (nSPS) is 15.4. The first-order valence-electron chi connectivity index (χ1n) is 9.50. The standard InChI is InChI=1S/C21H20FN5O2/c1-12-7-14-11-29-25-19(14)20-16-10-26(6-5-18(16)24-27(20)9-12)21(28)23-15-3-4-17(22)13(2)8-15/h3-4,8,11H,1,5-7,9-10H2,2H3,(H,23,28). The van der Waals surface area contributed by atoms with E-state index in [0.29, 0.717) is 43.7 Å². The highest BCUT2D eigenvalue weighted by atomic mass is 19.1. The fourth-order valence-electron chi connectivity index (χ4n) is 4.02. The van der Waals surface area contributed by atoms with E-state index in [4.69, 9.17) is 9.62 Å². The van der Waals surface area contributed by atoms with Gasteiger partial charge in [-0.3, -0.25) is 4.68 Å². The average Bonchev–Trinajstić information content (AvgIpc) is 3.24. The summed E-state index contributed by atoms with van der Waals surface area (Å²) in [5, 5.41) is 11.8. The molecule has 8 heteroatoms. The summed E-state index contributed by atoms with van der Waals surface area (Å²) < 4.78 is 20.6. The van der Waals surface area contributed by atoms with Crippen LogP contribution < -0.4 is 5.32 Å². The van der Waals surface area contributed by atoms with Gasteiger partial charge in [0.25, 0.3) is 0 Å². The number of urea groups is 1. The molecule has 2 aromatic heterocycles. The van der Waals surface area contributed by atoms with Gasteiger partial charge in [0.15, 0.2) is 0 Å². The molecule has 0 saturated heterocycles. The predicted molar refractivity (Wildman–Crippen MR) is 105 cm³/mol. The zero-order valence-corrected chi connectivity index (χ0v) is 16.0. The van der Waals surface area contributed by atoms with Gasteiger partial charge < -0.3 is 14.7 Å². The van der Waals surface area contributed by atoms with Gasteiger partial charge in [-0.15, -0.1) is 0 Å². The largest absolute Gasteiger partial charge is 0.364 e. The maximum Gasteiger partial charge on any atom is 0.322 e. The number of hydrogen-bond acceptors (Lipinski definition) is 4. The Hall–Kier alpha value is -3.42. The fraction of sp³-hybridized carbons (Fsp3) is 0.286. The third kappa shape index (κ3) is 3.00. The third-order valence-electron chi connectivity index (χ3n) is 5.48. The number of aryl methyl sites for hydroxylation is 1. The molecule has 0 atom stereocenters. The van der Waals surface area contributed by atoms with Crippen molar-refractivity contribution in [3.8, 4) is 11.4 Å². The average molecular weight is 393 g/mol. The molecule has 0 saturated carbocycles. The lowest BCUT2D eigenvalue weighted by Gasteiger charge is -2.27. The second-order valence-electron chi connectivity index (χ2n) is 7.61. The number of rotatable bonds is 1. The Bertz CT molecular complexity index is 1150. The van der Waals surface area contributed by atoms with Crippen molar-refractivity contribution in [2.75, 3.05) is 11.9 Å². The van der Waals surface area contributed by atoms with Gasteiger partial charge in [-0.2, -0.15) is 5.10 Å². The maximum absolute atomic E-state index is 13.5. The Morgan fingerprint density at radius 2 is 2.21 bits per heavy atom. The van der Waals surface area contributed by atoms with Crippen LogP contribution in [0.4, 0.5) is 14.9 Å². The lowest BCUT2D eigenvalue weighted by atomic mass is 10.0. The highest BCUT2D eigenvalue weighted by Crippen LogP contribution is 2.35. The molecule has 1 N–H and O–H groups in total. The van der Waals surface area contributed by atoms with E-state index in [0.717, 1.165) is 33.8 Å². The minimum atomic E-state index is -0.293. The van der Waals surface area contributed by atoms with Crippen LogP contribution in [0.1, 0.15) is 22.4 Å². The van der Waals surface area contributed by atoms with Gasteiger partial charge >= 0.3 is 6.03 Å². The van der Waals surface area contributed by atoms with E-state index in [1.54, 1.807) is 30.2 Å². The molecular weight excluding hydrogens is 373 g/mol. The van der Waals surface area contributed by atoms with Crippen LogP contribution in [-0.2, 0) is 25.9 Å². The third-order valence-corrected chi connectivity index (χ3v) is 5.48. The minimum Gasteiger partial charge on any atom is -0.364 e. The lowest BCUT2D eigenvalue weighted by molar-refractivity contribution is 0.206. The Kier molecular flexibility index (Phi) is 4.01. The van der Waals surface area contributed by atoms with Crippen LogP contribution in [-0.4, -0.2) is 32.4 Å². The van der Waals surface area contributed by atoms with Crippen LogP contribution in [0.3, 0.4) is 0 Å². The van der Waals surface area contributed by atoms with E-state index >= 15 is 0 Å². The molecule has 0 aliphatic carbocycles. The fourth-order valence-corrected chi connectivity index (χ4v) is 4.02. The smallest absolute Gasteiger partial charge is 0.322 e. The number of allylic oxidation sites excluding steroid dienone is 1. The van der Waals surface area contributed by atoms with Crippen molar-refractivity contribution in [2.24, 2.45) is 0 Å². The molecule has 0 bridgehead atoms. The number of halogens is 1.